The number of esters is 2. The second-order valence-corrected chi connectivity index (χ2v) is 7.77. The Bertz CT molecular complexity index is 1330. The van der Waals surface area contributed by atoms with Crippen molar-refractivity contribution in [1.82, 2.24) is 0 Å². The van der Waals surface area contributed by atoms with Crippen LogP contribution in [0.5, 0.6) is 11.5 Å². The number of methoxy groups -OCH3 is 2. The molecule has 4 aromatic rings. The van der Waals surface area contributed by atoms with Crippen LogP contribution in [0.25, 0.3) is 32.7 Å². The van der Waals surface area contributed by atoms with Gasteiger partial charge in [-0.3, -0.25) is 9.59 Å². The van der Waals surface area contributed by atoms with Crippen LogP contribution in [-0.2, 0) is 19.1 Å². The molecule has 0 atom stereocenters. The zero-order chi connectivity index (χ0) is 23.9. The summed E-state index contributed by atoms with van der Waals surface area (Å²) in [5.41, 5.74) is 1.59. The minimum atomic E-state index is -0.417. The SMILES string of the molecule is COCOc1ccc2ccccc2c1-c1c(OC(=O)CCCC(=O)OC)ccc2ccccc12. The molecule has 0 heterocycles. The number of ether oxygens (including phenoxy) is 4. The smallest absolute Gasteiger partial charge is 0.311 e. The van der Waals surface area contributed by atoms with Crippen molar-refractivity contribution < 1.29 is 28.5 Å². The van der Waals surface area contributed by atoms with E-state index in [9.17, 15) is 9.59 Å². The Morgan fingerprint density at radius 1 is 0.676 bits per heavy atom. The predicted octanol–water partition coefficient (Wildman–Crippen LogP) is 5.89. The molecule has 0 saturated heterocycles. The van der Waals surface area contributed by atoms with Crippen molar-refractivity contribution in [3.63, 3.8) is 0 Å². The molecule has 34 heavy (non-hydrogen) atoms. The molecule has 0 N–H and O–H groups in total. The van der Waals surface area contributed by atoms with E-state index in [2.05, 4.69) is 4.74 Å². The van der Waals surface area contributed by atoms with Crippen molar-refractivity contribution in [3.05, 3.63) is 72.8 Å². The molecule has 0 fully saturated rings. The first-order valence-electron chi connectivity index (χ1n) is 11.1. The molecule has 0 radical (unpaired) electrons. The van der Waals surface area contributed by atoms with E-state index in [0.717, 1.165) is 32.7 Å². The highest BCUT2D eigenvalue weighted by atomic mass is 16.7. The van der Waals surface area contributed by atoms with Crippen molar-refractivity contribution in [2.24, 2.45) is 0 Å². The highest BCUT2D eigenvalue weighted by Gasteiger charge is 2.20. The van der Waals surface area contributed by atoms with Gasteiger partial charge in [-0.25, -0.2) is 0 Å². The summed E-state index contributed by atoms with van der Waals surface area (Å²) in [6.07, 6.45) is 0.614. The van der Waals surface area contributed by atoms with E-state index >= 15 is 0 Å². The van der Waals surface area contributed by atoms with Crippen molar-refractivity contribution in [2.75, 3.05) is 21.0 Å². The van der Waals surface area contributed by atoms with Crippen LogP contribution in [0.3, 0.4) is 0 Å². The Hall–Kier alpha value is -3.90. The monoisotopic (exact) mass is 458 g/mol. The first kappa shape index (κ1) is 23.3. The van der Waals surface area contributed by atoms with Gasteiger partial charge in [-0.2, -0.15) is 0 Å². The fourth-order valence-electron chi connectivity index (χ4n) is 4.00. The van der Waals surface area contributed by atoms with Gasteiger partial charge in [0, 0.05) is 31.1 Å². The van der Waals surface area contributed by atoms with Gasteiger partial charge in [0.25, 0.3) is 0 Å². The summed E-state index contributed by atoms with van der Waals surface area (Å²) in [6.45, 7) is 0.0821. The Labute approximate surface area is 198 Å². The third kappa shape index (κ3) is 5.02. The molecular weight excluding hydrogens is 432 g/mol. The van der Waals surface area contributed by atoms with Gasteiger partial charge in [0.2, 0.25) is 0 Å². The largest absolute Gasteiger partial charge is 0.469 e. The number of carbonyl (C=O) groups is 2. The van der Waals surface area contributed by atoms with Gasteiger partial charge in [0.15, 0.2) is 6.79 Å². The summed E-state index contributed by atoms with van der Waals surface area (Å²) in [6, 6.07) is 23.6. The third-order valence-electron chi connectivity index (χ3n) is 5.58. The lowest BCUT2D eigenvalue weighted by atomic mass is 9.92. The second kappa shape index (κ2) is 10.8. The van der Waals surface area contributed by atoms with Crippen molar-refractivity contribution in [3.8, 4) is 22.6 Å². The minimum Gasteiger partial charge on any atom is -0.469 e. The summed E-state index contributed by atoms with van der Waals surface area (Å²) < 4.78 is 21.6. The number of fused-ring (bicyclic) bond motifs is 2. The van der Waals surface area contributed by atoms with Gasteiger partial charge in [0.1, 0.15) is 11.5 Å². The van der Waals surface area contributed by atoms with Crippen LogP contribution in [-0.4, -0.2) is 33.0 Å². The molecule has 6 nitrogen and oxygen atoms in total. The quantitative estimate of drug-likeness (QED) is 0.177. The molecule has 0 bridgehead atoms. The Kier molecular flexibility index (Phi) is 7.40. The van der Waals surface area contributed by atoms with Crippen molar-refractivity contribution >= 4 is 33.5 Å². The molecule has 0 aromatic heterocycles. The van der Waals surface area contributed by atoms with Crippen LogP contribution < -0.4 is 9.47 Å². The van der Waals surface area contributed by atoms with Crippen LogP contribution in [0.2, 0.25) is 0 Å². The fourth-order valence-corrected chi connectivity index (χ4v) is 4.00. The fraction of sp³-hybridized carbons (Fsp3) is 0.214. The van der Waals surface area contributed by atoms with Gasteiger partial charge < -0.3 is 18.9 Å². The Morgan fingerprint density at radius 2 is 1.24 bits per heavy atom. The molecule has 0 aliphatic heterocycles. The number of benzene rings is 4. The first-order chi connectivity index (χ1) is 16.6. The Morgan fingerprint density at radius 3 is 1.85 bits per heavy atom. The average Bonchev–Trinajstić information content (AvgIpc) is 2.87. The number of hydrogen-bond donors (Lipinski definition) is 0. The molecule has 0 unspecified atom stereocenters. The molecule has 0 aliphatic rings. The van der Waals surface area contributed by atoms with E-state index < -0.39 is 5.97 Å². The van der Waals surface area contributed by atoms with Gasteiger partial charge in [-0.1, -0.05) is 60.7 Å². The third-order valence-corrected chi connectivity index (χ3v) is 5.58. The van der Waals surface area contributed by atoms with Crippen LogP contribution in [0.15, 0.2) is 72.8 Å². The molecule has 4 aromatic carbocycles. The lowest BCUT2D eigenvalue weighted by Crippen LogP contribution is -2.10. The standard InChI is InChI=1S/C28H26O6/c1-31-18-33-23-16-14-19-8-3-5-10-21(19)27(23)28-22-11-6-4-9-20(22)15-17-24(28)34-26(30)13-7-12-25(29)32-2/h3-6,8-11,14-17H,7,12-13,18H2,1-2H3. The molecule has 0 amide bonds. The lowest BCUT2D eigenvalue weighted by molar-refractivity contribution is -0.141. The molecule has 4 rings (SSSR count). The normalized spacial score (nSPS) is 10.9. The number of carbonyl (C=O) groups excluding carboxylic acids is 2. The number of hydrogen-bond acceptors (Lipinski definition) is 6. The van der Waals surface area contributed by atoms with E-state index in [1.165, 1.54) is 7.11 Å². The van der Waals surface area contributed by atoms with E-state index in [4.69, 9.17) is 14.2 Å². The highest BCUT2D eigenvalue weighted by Crippen LogP contribution is 2.45. The first-order valence-corrected chi connectivity index (χ1v) is 11.1. The lowest BCUT2D eigenvalue weighted by Gasteiger charge is -2.19. The second-order valence-electron chi connectivity index (χ2n) is 7.77. The minimum absolute atomic E-state index is 0.0821. The summed E-state index contributed by atoms with van der Waals surface area (Å²) in [5, 5.41) is 3.94. The van der Waals surface area contributed by atoms with E-state index in [1.807, 2.05) is 66.7 Å². The summed E-state index contributed by atoms with van der Waals surface area (Å²) in [5.74, 6) is 0.287. The Balaban J connectivity index is 1.84. The van der Waals surface area contributed by atoms with E-state index in [1.54, 1.807) is 13.2 Å². The predicted molar refractivity (Wildman–Crippen MR) is 131 cm³/mol. The molecule has 174 valence electrons. The maximum atomic E-state index is 12.7. The average molecular weight is 459 g/mol. The molecule has 0 spiro atoms. The summed E-state index contributed by atoms with van der Waals surface area (Å²) in [7, 11) is 2.90. The van der Waals surface area contributed by atoms with Gasteiger partial charge in [-0.05, 0) is 40.1 Å². The zero-order valence-corrected chi connectivity index (χ0v) is 19.2. The van der Waals surface area contributed by atoms with Crippen molar-refractivity contribution in [2.45, 2.75) is 19.3 Å². The molecule has 0 aliphatic carbocycles. The molecule has 0 saturated carbocycles. The van der Waals surface area contributed by atoms with Crippen LogP contribution in [0.4, 0.5) is 0 Å². The van der Waals surface area contributed by atoms with Crippen LogP contribution in [0.1, 0.15) is 19.3 Å². The molecule has 6 heteroatoms. The summed E-state index contributed by atoms with van der Waals surface area (Å²) >= 11 is 0. The van der Waals surface area contributed by atoms with Gasteiger partial charge in [-0.15, -0.1) is 0 Å². The topological polar surface area (TPSA) is 71.1 Å². The van der Waals surface area contributed by atoms with Gasteiger partial charge >= 0.3 is 11.9 Å². The molecular formula is C28H26O6. The number of rotatable bonds is 9. The highest BCUT2D eigenvalue weighted by molar-refractivity contribution is 6.10. The van der Waals surface area contributed by atoms with Crippen LogP contribution in [0, 0.1) is 0 Å². The maximum absolute atomic E-state index is 12.7. The zero-order valence-electron chi connectivity index (χ0n) is 19.2. The van der Waals surface area contributed by atoms with E-state index in [0.29, 0.717) is 17.9 Å². The van der Waals surface area contributed by atoms with E-state index in [-0.39, 0.29) is 25.6 Å². The van der Waals surface area contributed by atoms with Gasteiger partial charge in [0.05, 0.1) is 7.11 Å². The summed E-state index contributed by atoms with van der Waals surface area (Å²) in [4.78, 5) is 24.1. The van der Waals surface area contributed by atoms with Crippen LogP contribution >= 0.6 is 0 Å². The van der Waals surface area contributed by atoms with Crippen molar-refractivity contribution in [1.29, 1.82) is 0 Å². The maximum Gasteiger partial charge on any atom is 0.311 e.